The van der Waals surface area contributed by atoms with E-state index in [2.05, 4.69) is 12.1 Å². The van der Waals surface area contributed by atoms with Gasteiger partial charge in [0.2, 0.25) is 5.88 Å². The maximum Gasteiger partial charge on any atom is 0.205 e. The van der Waals surface area contributed by atoms with Crippen LogP contribution in [0.15, 0.2) is 76.9 Å². The molecule has 2 aliphatic rings. The molecule has 0 aromatic heterocycles. The van der Waals surface area contributed by atoms with Gasteiger partial charge in [0.15, 0.2) is 0 Å². The van der Waals surface area contributed by atoms with Crippen LogP contribution in [-0.2, 0) is 4.74 Å². The van der Waals surface area contributed by atoms with Gasteiger partial charge in [0, 0.05) is 16.0 Å². The van der Waals surface area contributed by atoms with Gasteiger partial charge in [0.25, 0.3) is 0 Å². The van der Waals surface area contributed by atoms with Gasteiger partial charge in [-0.1, -0.05) is 47.5 Å². The van der Waals surface area contributed by atoms with Crippen molar-refractivity contribution in [2.24, 2.45) is 5.73 Å². The van der Waals surface area contributed by atoms with E-state index < -0.39 is 0 Å². The van der Waals surface area contributed by atoms with Crippen molar-refractivity contribution in [1.29, 1.82) is 5.26 Å². The summed E-state index contributed by atoms with van der Waals surface area (Å²) in [5, 5.41) is 11.0. The highest BCUT2D eigenvalue weighted by atomic mass is 35.5. The quantitative estimate of drug-likeness (QED) is 0.685. The van der Waals surface area contributed by atoms with Gasteiger partial charge >= 0.3 is 0 Å². The van der Waals surface area contributed by atoms with Crippen LogP contribution >= 0.6 is 23.2 Å². The zero-order chi connectivity index (χ0) is 19.0. The van der Waals surface area contributed by atoms with Crippen molar-refractivity contribution in [3.05, 3.63) is 98.1 Å². The van der Waals surface area contributed by atoms with Gasteiger partial charge in [0.1, 0.15) is 17.4 Å². The second-order valence-electron chi connectivity index (χ2n) is 6.55. The summed E-state index contributed by atoms with van der Waals surface area (Å²) in [7, 11) is 0. The number of nitriles is 1. The van der Waals surface area contributed by atoms with E-state index in [1.165, 1.54) is 0 Å². The van der Waals surface area contributed by atoms with E-state index in [-0.39, 0.29) is 11.8 Å². The molecule has 0 radical (unpaired) electrons. The van der Waals surface area contributed by atoms with Crippen LogP contribution in [0.5, 0.6) is 0 Å². The molecule has 0 spiro atoms. The molecule has 0 saturated carbocycles. The Hall–Kier alpha value is -2.67. The Morgan fingerprint density at radius 3 is 2.26 bits per heavy atom. The third kappa shape index (κ3) is 3.35. The summed E-state index contributed by atoms with van der Waals surface area (Å²) in [6.07, 6.45) is 3.74. The minimum atomic E-state index is -0.202. The van der Waals surface area contributed by atoms with Gasteiger partial charge in [-0.25, -0.2) is 0 Å². The summed E-state index contributed by atoms with van der Waals surface area (Å²) in [5.74, 6) is 0.744. The summed E-state index contributed by atoms with van der Waals surface area (Å²) in [4.78, 5) is 0. The first-order valence-corrected chi connectivity index (χ1v) is 9.35. The Balaban J connectivity index is 1.78. The van der Waals surface area contributed by atoms with E-state index in [1.807, 2.05) is 48.5 Å². The Kier molecular flexibility index (Phi) is 4.70. The number of halogens is 2. The Labute approximate surface area is 168 Å². The Morgan fingerprint density at radius 1 is 1.00 bits per heavy atom. The van der Waals surface area contributed by atoms with Gasteiger partial charge in [-0.3, -0.25) is 0 Å². The summed E-state index contributed by atoms with van der Waals surface area (Å²) in [5.41, 5.74) is 10.8. The maximum atomic E-state index is 9.65. The van der Waals surface area contributed by atoms with Crippen molar-refractivity contribution >= 4 is 29.3 Å². The van der Waals surface area contributed by atoms with Crippen molar-refractivity contribution in [3.63, 3.8) is 0 Å². The molecule has 0 saturated heterocycles. The van der Waals surface area contributed by atoms with Gasteiger partial charge in [-0.05, 0) is 65.5 Å². The number of hydrogen-bond donors (Lipinski definition) is 1. The van der Waals surface area contributed by atoms with Gasteiger partial charge in [0.05, 0.1) is 0 Å². The summed E-state index contributed by atoms with van der Waals surface area (Å²) < 4.78 is 5.89. The van der Waals surface area contributed by atoms with E-state index in [0.717, 1.165) is 40.9 Å². The topological polar surface area (TPSA) is 59.0 Å². The predicted octanol–water partition coefficient (Wildman–Crippen LogP) is 5.93. The van der Waals surface area contributed by atoms with E-state index in [0.29, 0.717) is 15.6 Å². The number of ether oxygens (including phenoxy) is 1. The second kappa shape index (κ2) is 7.15. The molecular formula is C22H16Cl2N2O. The van der Waals surface area contributed by atoms with Crippen molar-refractivity contribution in [3.8, 4) is 6.07 Å². The molecule has 5 heteroatoms. The lowest BCUT2D eigenvalue weighted by molar-refractivity contribution is 0.292. The number of nitrogens with zero attached hydrogens (tertiary/aromatic N) is 1. The Morgan fingerprint density at radius 2 is 1.63 bits per heavy atom. The molecule has 2 N–H and O–H groups in total. The smallest absolute Gasteiger partial charge is 0.205 e. The highest BCUT2D eigenvalue weighted by Gasteiger charge is 2.36. The molecule has 2 aromatic carbocycles. The number of rotatable bonds is 2. The molecule has 0 amide bonds. The summed E-state index contributed by atoms with van der Waals surface area (Å²) in [6.45, 7) is 0. The van der Waals surface area contributed by atoms with Crippen LogP contribution in [0.1, 0.15) is 29.9 Å². The molecule has 4 rings (SSSR count). The average Bonchev–Trinajstić information content (AvgIpc) is 3.05. The van der Waals surface area contributed by atoms with Crippen LogP contribution in [0.2, 0.25) is 10.0 Å². The largest absolute Gasteiger partial charge is 0.440 e. The first kappa shape index (κ1) is 17.7. The van der Waals surface area contributed by atoms with E-state index >= 15 is 0 Å². The molecule has 0 bridgehead atoms. The highest BCUT2D eigenvalue weighted by Crippen LogP contribution is 2.48. The van der Waals surface area contributed by atoms with Crippen LogP contribution in [-0.4, -0.2) is 0 Å². The van der Waals surface area contributed by atoms with Gasteiger partial charge in [-0.2, -0.15) is 5.26 Å². The van der Waals surface area contributed by atoms with Crippen molar-refractivity contribution in [2.45, 2.75) is 18.8 Å². The zero-order valence-electron chi connectivity index (χ0n) is 14.4. The van der Waals surface area contributed by atoms with Crippen LogP contribution in [0.4, 0.5) is 0 Å². The first-order valence-electron chi connectivity index (χ1n) is 8.59. The molecule has 0 fully saturated rings. The monoisotopic (exact) mass is 394 g/mol. The SMILES string of the molecule is N#CC1=C(N)OC2=C(CC/C2=C\c2ccc(Cl)cc2)C1c1ccc(Cl)cc1. The van der Waals surface area contributed by atoms with Gasteiger partial charge in [-0.15, -0.1) is 0 Å². The highest BCUT2D eigenvalue weighted by molar-refractivity contribution is 6.30. The third-order valence-corrected chi connectivity index (χ3v) is 5.40. The predicted molar refractivity (Wildman–Crippen MR) is 108 cm³/mol. The average molecular weight is 395 g/mol. The van der Waals surface area contributed by atoms with E-state index in [4.69, 9.17) is 33.7 Å². The van der Waals surface area contributed by atoms with Crippen LogP contribution in [0.25, 0.3) is 6.08 Å². The lowest BCUT2D eigenvalue weighted by Gasteiger charge is -2.26. The fraction of sp³-hybridized carbons (Fsp3) is 0.136. The molecule has 1 aliphatic carbocycles. The lowest BCUT2D eigenvalue weighted by Crippen LogP contribution is -2.19. The molecule has 27 heavy (non-hydrogen) atoms. The molecule has 1 unspecified atom stereocenters. The van der Waals surface area contributed by atoms with Crippen LogP contribution < -0.4 is 5.73 Å². The lowest BCUT2D eigenvalue weighted by atomic mass is 9.83. The fourth-order valence-corrected chi connectivity index (χ4v) is 3.88. The molecule has 1 atom stereocenters. The maximum absolute atomic E-state index is 9.65. The molecular weight excluding hydrogens is 379 g/mol. The van der Waals surface area contributed by atoms with E-state index in [1.54, 1.807) is 0 Å². The minimum absolute atomic E-state index is 0.167. The zero-order valence-corrected chi connectivity index (χ0v) is 15.9. The summed E-state index contributed by atoms with van der Waals surface area (Å²) in [6, 6.07) is 17.4. The number of nitrogens with two attached hydrogens (primary N) is 1. The molecule has 1 heterocycles. The number of benzene rings is 2. The van der Waals surface area contributed by atoms with Gasteiger partial charge < -0.3 is 10.5 Å². The van der Waals surface area contributed by atoms with Crippen LogP contribution in [0, 0.1) is 11.3 Å². The fourth-order valence-electron chi connectivity index (χ4n) is 3.63. The molecule has 1 aliphatic heterocycles. The number of hydrogen-bond acceptors (Lipinski definition) is 3. The minimum Gasteiger partial charge on any atom is -0.440 e. The molecule has 134 valence electrons. The normalized spacial score (nSPS) is 20.5. The molecule has 3 nitrogen and oxygen atoms in total. The van der Waals surface area contributed by atoms with Crippen molar-refractivity contribution in [1.82, 2.24) is 0 Å². The number of allylic oxidation sites excluding steroid dienone is 3. The Bertz CT molecular complexity index is 1030. The summed E-state index contributed by atoms with van der Waals surface area (Å²) >= 11 is 12.0. The van der Waals surface area contributed by atoms with Crippen molar-refractivity contribution < 1.29 is 4.74 Å². The third-order valence-electron chi connectivity index (χ3n) is 4.90. The van der Waals surface area contributed by atoms with Crippen LogP contribution in [0.3, 0.4) is 0 Å². The standard InChI is InChI=1S/C22H16Cl2N2O/c23-16-6-1-13(2-7-16)11-15-5-10-18-20(14-3-8-17(24)9-4-14)19(12-25)22(26)27-21(15)18/h1-4,6-9,11,20H,5,10,26H2/b15-11+. The van der Waals surface area contributed by atoms with E-state index in [9.17, 15) is 5.26 Å². The second-order valence-corrected chi connectivity index (χ2v) is 7.42. The molecule has 2 aromatic rings. The first-order chi connectivity index (χ1) is 13.1. The van der Waals surface area contributed by atoms with Crippen molar-refractivity contribution in [2.75, 3.05) is 0 Å².